The van der Waals surface area contributed by atoms with Crippen LogP contribution in [0.5, 0.6) is 5.75 Å². The molecule has 8 nitrogen and oxygen atoms in total. The Kier molecular flexibility index (Phi) is 6.79. The Hall–Kier alpha value is -4.24. The number of hydrogen-bond donors (Lipinski definition) is 2. The molecule has 0 saturated carbocycles. The second-order valence-corrected chi connectivity index (χ2v) is 8.79. The van der Waals surface area contributed by atoms with Crippen LogP contribution < -0.4 is 5.43 Å². The second kappa shape index (κ2) is 9.94. The zero-order chi connectivity index (χ0) is 25.1. The van der Waals surface area contributed by atoms with Gasteiger partial charge in [0.2, 0.25) is 0 Å². The van der Waals surface area contributed by atoms with Gasteiger partial charge in [-0.1, -0.05) is 28.1 Å². The molecule has 0 aliphatic heterocycles. The smallest absolute Gasteiger partial charge is 0.275 e. The molecule has 1 amide bonds. The molecular weight excluding hydrogens is 512 g/mol. The summed E-state index contributed by atoms with van der Waals surface area (Å²) in [6.07, 6.45) is 1.57. The van der Waals surface area contributed by atoms with Crippen molar-refractivity contribution in [3.05, 3.63) is 110 Å². The lowest BCUT2D eigenvalue weighted by atomic mass is 10.0. The minimum Gasteiger partial charge on any atom is -0.507 e. The Morgan fingerprint density at radius 3 is 2.29 bits per heavy atom. The number of non-ortho nitro benzene ring substituents is 1. The highest BCUT2D eigenvalue weighted by atomic mass is 79.9. The van der Waals surface area contributed by atoms with Crippen LogP contribution >= 0.6 is 15.9 Å². The SMILES string of the molecule is Cc1cc(/C=N\NC(=O)c2cc(Br)ccc2O)c(C)n1-c1ccc(-c2ccc([N+](=O)[O-])cc2)cc1. The molecule has 4 rings (SSSR count). The molecule has 0 aliphatic rings. The van der Waals surface area contributed by atoms with Crippen molar-refractivity contribution in [1.82, 2.24) is 9.99 Å². The van der Waals surface area contributed by atoms with E-state index in [4.69, 9.17) is 0 Å². The number of rotatable bonds is 6. The van der Waals surface area contributed by atoms with Crippen LogP contribution in [0.3, 0.4) is 0 Å². The van der Waals surface area contributed by atoms with E-state index >= 15 is 0 Å². The average molecular weight is 533 g/mol. The monoisotopic (exact) mass is 532 g/mol. The number of carbonyl (C=O) groups excluding carboxylic acids is 1. The maximum Gasteiger partial charge on any atom is 0.275 e. The third-order valence-corrected chi connectivity index (χ3v) is 6.07. The number of nitro benzene ring substituents is 1. The fourth-order valence-corrected chi connectivity index (χ4v) is 4.17. The number of phenols is 1. The molecule has 4 aromatic rings. The number of nitrogens with zero attached hydrogens (tertiary/aromatic N) is 3. The van der Waals surface area contributed by atoms with E-state index < -0.39 is 10.8 Å². The molecule has 176 valence electrons. The molecule has 1 heterocycles. The summed E-state index contributed by atoms with van der Waals surface area (Å²) < 4.78 is 2.75. The van der Waals surface area contributed by atoms with Crippen molar-refractivity contribution < 1.29 is 14.8 Å². The third kappa shape index (κ3) is 5.15. The number of hydrazone groups is 1. The van der Waals surface area contributed by atoms with Crippen LogP contribution in [0.2, 0.25) is 0 Å². The zero-order valence-corrected chi connectivity index (χ0v) is 20.5. The summed E-state index contributed by atoms with van der Waals surface area (Å²) in [6.45, 7) is 3.94. The highest BCUT2D eigenvalue weighted by Crippen LogP contribution is 2.26. The van der Waals surface area contributed by atoms with E-state index in [0.29, 0.717) is 4.47 Å². The largest absolute Gasteiger partial charge is 0.507 e. The summed E-state index contributed by atoms with van der Waals surface area (Å²) in [4.78, 5) is 22.8. The van der Waals surface area contributed by atoms with Gasteiger partial charge in [0, 0.05) is 39.2 Å². The number of nitro groups is 1. The second-order valence-electron chi connectivity index (χ2n) is 7.87. The van der Waals surface area contributed by atoms with E-state index in [9.17, 15) is 20.0 Å². The van der Waals surface area contributed by atoms with Crippen LogP contribution in [0.25, 0.3) is 16.8 Å². The van der Waals surface area contributed by atoms with Crippen LogP contribution in [0.15, 0.2) is 82.4 Å². The Balaban J connectivity index is 1.51. The minimum absolute atomic E-state index is 0.0581. The van der Waals surface area contributed by atoms with Gasteiger partial charge in [-0.3, -0.25) is 14.9 Å². The topological polar surface area (TPSA) is 110 Å². The van der Waals surface area contributed by atoms with Gasteiger partial charge < -0.3 is 9.67 Å². The van der Waals surface area contributed by atoms with Gasteiger partial charge in [-0.2, -0.15) is 5.10 Å². The number of nitrogens with one attached hydrogen (secondary N) is 1. The van der Waals surface area contributed by atoms with Crippen LogP contribution in [-0.2, 0) is 0 Å². The summed E-state index contributed by atoms with van der Waals surface area (Å²) in [5.41, 5.74) is 8.18. The highest BCUT2D eigenvalue weighted by molar-refractivity contribution is 9.10. The summed E-state index contributed by atoms with van der Waals surface area (Å²) in [5.74, 6) is -0.646. The number of hydrogen-bond acceptors (Lipinski definition) is 5. The lowest BCUT2D eigenvalue weighted by Gasteiger charge is -2.11. The van der Waals surface area contributed by atoms with Gasteiger partial charge >= 0.3 is 0 Å². The molecule has 0 saturated heterocycles. The molecule has 0 spiro atoms. The molecular formula is C26H21BrN4O4. The van der Waals surface area contributed by atoms with E-state index in [1.807, 2.05) is 44.2 Å². The van der Waals surface area contributed by atoms with Crippen molar-refractivity contribution in [1.29, 1.82) is 0 Å². The molecule has 9 heteroatoms. The van der Waals surface area contributed by atoms with Crippen molar-refractivity contribution in [2.45, 2.75) is 13.8 Å². The maximum absolute atomic E-state index is 12.3. The molecule has 0 aliphatic carbocycles. The first-order valence-electron chi connectivity index (χ1n) is 10.6. The Morgan fingerprint density at radius 2 is 1.66 bits per heavy atom. The van der Waals surface area contributed by atoms with Crippen LogP contribution in [0.4, 0.5) is 5.69 Å². The number of aromatic nitrogens is 1. The number of phenolic OH excluding ortho intramolecular Hbond substituents is 1. The molecule has 0 unspecified atom stereocenters. The van der Waals surface area contributed by atoms with Crippen molar-refractivity contribution in [3.63, 3.8) is 0 Å². The predicted molar refractivity (Wildman–Crippen MR) is 138 cm³/mol. The summed E-state index contributed by atoms with van der Waals surface area (Å²) >= 11 is 3.28. The third-order valence-electron chi connectivity index (χ3n) is 5.58. The zero-order valence-electron chi connectivity index (χ0n) is 18.9. The van der Waals surface area contributed by atoms with Crippen molar-refractivity contribution >= 4 is 33.7 Å². The highest BCUT2D eigenvalue weighted by Gasteiger charge is 2.13. The van der Waals surface area contributed by atoms with E-state index in [2.05, 4.69) is 31.0 Å². The van der Waals surface area contributed by atoms with Crippen LogP contribution in [-0.4, -0.2) is 26.7 Å². The van der Waals surface area contributed by atoms with Crippen LogP contribution in [0, 0.1) is 24.0 Å². The fourth-order valence-electron chi connectivity index (χ4n) is 3.80. The maximum atomic E-state index is 12.3. The van der Waals surface area contributed by atoms with E-state index in [1.54, 1.807) is 24.4 Å². The van der Waals surface area contributed by atoms with Gasteiger partial charge in [0.1, 0.15) is 5.75 Å². The quantitative estimate of drug-likeness (QED) is 0.183. The average Bonchev–Trinajstić information content (AvgIpc) is 3.13. The first kappa shape index (κ1) is 23.9. The van der Waals surface area contributed by atoms with Gasteiger partial charge in [-0.15, -0.1) is 0 Å². The van der Waals surface area contributed by atoms with Gasteiger partial charge in [0.25, 0.3) is 11.6 Å². The van der Waals surface area contributed by atoms with Gasteiger partial charge in [-0.25, -0.2) is 5.43 Å². The van der Waals surface area contributed by atoms with E-state index in [0.717, 1.165) is 33.8 Å². The Labute approximate surface area is 209 Å². The lowest BCUT2D eigenvalue weighted by Crippen LogP contribution is -2.17. The van der Waals surface area contributed by atoms with Gasteiger partial charge in [0.15, 0.2) is 0 Å². The predicted octanol–water partition coefficient (Wildman–Crippen LogP) is 5.90. The number of benzene rings is 3. The summed E-state index contributed by atoms with van der Waals surface area (Å²) in [5, 5.41) is 24.8. The standard InChI is InChI=1S/C26H21BrN4O4/c1-16-13-20(15-28-29-26(33)24-14-21(27)7-12-25(24)32)17(2)30(16)22-8-3-18(4-9-22)19-5-10-23(11-6-19)31(34)35/h3-15,32H,1-2H3,(H,29,33)/b28-15-. The first-order valence-corrected chi connectivity index (χ1v) is 11.4. The molecule has 0 fully saturated rings. The van der Waals surface area contributed by atoms with E-state index in [1.165, 1.54) is 24.3 Å². The molecule has 1 aromatic heterocycles. The van der Waals surface area contributed by atoms with E-state index in [-0.39, 0.29) is 17.0 Å². The number of amides is 1. The molecule has 3 aromatic carbocycles. The van der Waals surface area contributed by atoms with Gasteiger partial charge in [0.05, 0.1) is 16.7 Å². The van der Waals surface area contributed by atoms with Gasteiger partial charge in [-0.05, 0) is 73.5 Å². The molecule has 0 atom stereocenters. The summed E-state index contributed by atoms with van der Waals surface area (Å²) in [7, 11) is 0. The Bertz CT molecular complexity index is 1440. The lowest BCUT2D eigenvalue weighted by molar-refractivity contribution is -0.384. The number of halogens is 1. The normalized spacial score (nSPS) is 11.1. The van der Waals surface area contributed by atoms with Crippen molar-refractivity contribution in [2.24, 2.45) is 5.10 Å². The first-order chi connectivity index (χ1) is 16.7. The molecule has 35 heavy (non-hydrogen) atoms. The summed E-state index contributed by atoms with van der Waals surface area (Å²) in [6, 6.07) is 20.9. The van der Waals surface area contributed by atoms with Crippen molar-refractivity contribution in [3.8, 4) is 22.6 Å². The van der Waals surface area contributed by atoms with Crippen LogP contribution in [0.1, 0.15) is 27.3 Å². The molecule has 0 bridgehead atoms. The molecule has 0 radical (unpaired) electrons. The van der Waals surface area contributed by atoms with Crippen molar-refractivity contribution in [2.75, 3.05) is 0 Å². The number of aryl methyl sites for hydroxylation is 1. The fraction of sp³-hybridized carbons (Fsp3) is 0.0769. The number of aromatic hydroxyl groups is 1. The molecule has 2 N–H and O–H groups in total. The Morgan fingerprint density at radius 1 is 1.03 bits per heavy atom. The number of carbonyl (C=O) groups is 1. The minimum atomic E-state index is -0.518.